The molecule has 1 saturated carbocycles. The topological polar surface area (TPSA) is 70.4 Å². The van der Waals surface area contributed by atoms with Crippen LogP contribution in [-0.2, 0) is 22.4 Å². The van der Waals surface area contributed by atoms with Crippen molar-refractivity contribution in [1.82, 2.24) is 4.90 Å². The average Bonchev–Trinajstić information content (AvgIpc) is 3.09. The van der Waals surface area contributed by atoms with E-state index in [1.54, 1.807) is 7.05 Å². The van der Waals surface area contributed by atoms with Gasteiger partial charge in [0.05, 0.1) is 6.07 Å². The van der Waals surface area contributed by atoms with E-state index in [2.05, 4.69) is 13.0 Å². The highest BCUT2D eigenvalue weighted by atomic mass is 32.1. The number of esters is 1. The number of thiophene rings is 1. The lowest BCUT2D eigenvalue weighted by atomic mass is 9.81. The molecule has 1 heterocycles. The van der Waals surface area contributed by atoms with Gasteiger partial charge in [0.25, 0.3) is 5.91 Å². The molecule has 6 heteroatoms. The summed E-state index contributed by atoms with van der Waals surface area (Å²) in [5, 5.41) is 9.58. The first-order valence-electron chi connectivity index (χ1n) is 9.42. The smallest absolute Gasteiger partial charge is 0.348 e. The number of hydrogen-bond donors (Lipinski definition) is 0. The molecule has 0 spiro atoms. The van der Waals surface area contributed by atoms with Gasteiger partial charge in [0.1, 0.15) is 10.4 Å². The molecule has 0 bridgehead atoms. The second kappa shape index (κ2) is 7.79. The third kappa shape index (κ3) is 3.78. The molecule has 1 aromatic rings. The molecular formula is C20H26N2O3S. The van der Waals surface area contributed by atoms with Crippen molar-refractivity contribution in [3.05, 3.63) is 21.4 Å². The van der Waals surface area contributed by atoms with E-state index in [9.17, 15) is 14.9 Å². The fourth-order valence-corrected chi connectivity index (χ4v) is 5.10. The summed E-state index contributed by atoms with van der Waals surface area (Å²) in [6, 6.07) is 4.24. The van der Waals surface area contributed by atoms with E-state index < -0.39 is 11.5 Å². The van der Waals surface area contributed by atoms with E-state index in [4.69, 9.17) is 4.74 Å². The third-order valence-electron chi connectivity index (χ3n) is 5.76. The molecule has 0 aromatic carbocycles. The van der Waals surface area contributed by atoms with E-state index in [1.165, 1.54) is 26.7 Å². The van der Waals surface area contributed by atoms with Gasteiger partial charge in [0.2, 0.25) is 0 Å². The Balaban J connectivity index is 1.59. The monoisotopic (exact) mass is 374 g/mol. The largest absolute Gasteiger partial charge is 0.451 e. The Bertz CT molecular complexity index is 728. The van der Waals surface area contributed by atoms with Crippen LogP contribution in [0.15, 0.2) is 6.07 Å². The van der Waals surface area contributed by atoms with Crippen LogP contribution in [0.3, 0.4) is 0 Å². The highest BCUT2D eigenvalue weighted by Gasteiger charge is 2.39. The maximum absolute atomic E-state index is 12.5. The van der Waals surface area contributed by atoms with E-state index in [-0.39, 0.29) is 12.5 Å². The summed E-state index contributed by atoms with van der Waals surface area (Å²) in [5.74, 6) is -0.0981. The maximum atomic E-state index is 12.5. The van der Waals surface area contributed by atoms with Crippen LogP contribution in [0.2, 0.25) is 0 Å². The van der Waals surface area contributed by atoms with Crippen molar-refractivity contribution in [3.8, 4) is 6.07 Å². The normalized spacial score (nSPS) is 21.3. The van der Waals surface area contributed by atoms with Gasteiger partial charge in [-0.1, -0.05) is 26.2 Å². The lowest BCUT2D eigenvalue weighted by Gasteiger charge is -2.38. The molecule has 0 saturated heterocycles. The van der Waals surface area contributed by atoms with Crippen LogP contribution >= 0.6 is 11.3 Å². The number of fused-ring (bicyclic) bond motifs is 1. The minimum absolute atomic E-state index is 0.308. The van der Waals surface area contributed by atoms with E-state index in [0.29, 0.717) is 23.6 Å². The maximum Gasteiger partial charge on any atom is 0.348 e. The van der Waals surface area contributed by atoms with Crippen molar-refractivity contribution in [3.63, 3.8) is 0 Å². The number of aryl methyl sites for hydroxylation is 1. The Morgan fingerprint density at radius 2 is 2.12 bits per heavy atom. The van der Waals surface area contributed by atoms with Crippen LogP contribution in [0.25, 0.3) is 0 Å². The number of nitriles is 1. The molecule has 0 aliphatic heterocycles. The zero-order chi connectivity index (χ0) is 18.7. The van der Waals surface area contributed by atoms with Gasteiger partial charge in [-0.05, 0) is 49.7 Å². The molecule has 0 radical (unpaired) electrons. The van der Waals surface area contributed by atoms with Crippen molar-refractivity contribution >= 4 is 23.2 Å². The number of nitrogens with zero attached hydrogens (tertiary/aromatic N) is 2. The van der Waals surface area contributed by atoms with Crippen LogP contribution in [0, 0.1) is 17.2 Å². The number of likely N-dealkylation sites (N-methyl/N-ethyl adjacent to an activating group) is 1. The summed E-state index contributed by atoms with van der Waals surface area (Å²) < 4.78 is 5.27. The lowest BCUT2D eigenvalue weighted by molar-refractivity contribution is -0.138. The summed E-state index contributed by atoms with van der Waals surface area (Å²) >= 11 is 1.49. The lowest BCUT2D eigenvalue weighted by Crippen LogP contribution is -2.51. The molecule has 2 aliphatic rings. The summed E-state index contributed by atoms with van der Waals surface area (Å²) in [7, 11) is 1.65. The van der Waals surface area contributed by atoms with Crippen LogP contribution in [0.4, 0.5) is 0 Å². The van der Waals surface area contributed by atoms with Crippen LogP contribution in [-0.4, -0.2) is 36.0 Å². The molecule has 3 rings (SSSR count). The van der Waals surface area contributed by atoms with E-state index in [0.717, 1.165) is 38.5 Å². The van der Waals surface area contributed by atoms with Gasteiger partial charge in [-0.2, -0.15) is 5.26 Å². The van der Waals surface area contributed by atoms with Crippen molar-refractivity contribution in [2.75, 3.05) is 13.7 Å². The molecule has 0 N–H and O–H groups in total. The number of carbonyl (C=O) groups excluding carboxylic acids is 2. The first-order valence-corrected chi connectivity index (χ1v) is 10.2. The Morgan fingerprint density at radius 3 is 2.81 bits per heavy atom. The summed E-state index contributed by atoms with van der Waals surface area (Å²) in [4.78, 5) is 28.2. The number of rotatable bonds is 4. The standard InChI is InChI=1S/C20H26N2O3S/c1-14-6-7-16-15(10-14)11-17(26-16)19(24)25-12-18(23)22(2)20(13-21)8-4-3-5-9-20/h11,14H,3-10,12H2,1-2H3/t14-/m0/s1. The highest BCUT2D eigenvalue weighted by Crippen LogP contribution is 2.33. The summed E-state index contributed by atoms with van der Waals surface area (Å²) in [6.07, 6.45) is 7.55. The summed E-state index contributed by atoms with van der Waals surface area (Å²) in [6.45, 7) is 1.92. The minimum atomic E-state index is -0.750. The quantitative estimate of drug-likeness (QED) is 0.753. The second-order valence-corrected chi connectivity index (χ2v) is 8.78. The molecule has 0 unspecified atom stereocenters. The minimum Gasteiger partial charge on any atom is -0.451 e. The van der Waals surface area contributed by atoms with Gasteiger partial charge in [0, 0.05) is 11.9 Å². The SMILES string of the molecule is C[C@H]1CCc2sc(C(=O)OCC(=O)N(C)C3(C#N)CCCCC3)cc2C1. The fraction of sp³-hybridized carbons (Fsp3) is 0.650. The Kier molecular flexibility index (Phi) is 5.67. The first kappa shape index (κ1) is 18.9. The predicted molar refractivity (Wildman–Crippen MR) is 100.0 cm³/mol. The fourth-order valence-electron chi connectivity index (χ4n) is 4.00. The first-order chi connectivity index (χ1) is 12.4. The second-order valence-electron chi connectivity index (χ2n) is 7.64. The molecule has 140 valence electrons. The van der Waals surface area contributed by atoms with E-state index in [1.807, 2.05) is 6.07 Å². The molecule has 2 aliphatic carbocycles. The molecule has 26 heavy (non-hydrogen) atoms. The van der Waals surface area contributed by atoms with Gasteiger partial charge in [-0.3, -0.25) is 4.79 Å². The third-order valence-corrected chi connectivity index (χ3v) is 6.98. The summed E-state index contributed by atoms with van der Waals surface area (Å²) in [5.41, 5.74) is 0.495. The van der Waals surface area contributed by atoms with Crippen molar-refractivity contribution in [1.29, 1.82) is 5.26 Å². The molecule has 1 atom stereocenters. The Labute approximate surface area is 158 Å². The molecule has 5 nitrogen and oxygen atoms in total. The number of ether oxygens (including phenoxy) is 1. The number of amides is 1. The van der Waals surface area contributed by atoms with Gasteiger partial charge in [-0.25, -0.2) is 4.79 Å². The van der Waals surface area contributed by atoms with Gasteiger partial charge in [-0.15, -0.1) is 11.3 Å². The van der Waals surface area contributed by atoms with Gasteiger partial charge >= 0.3 is 5.97 Å². The Hall–Kier alpha value is -1.87. The van der Waals surface area contributed by atoms with Gasteiger partial charge < -0.3 is 9.64 Å². The Morgan fingerprint density at radius 1 is 1.38 bits per heavy atom. The van der Waals surface area contributed by atoms with Gasteiger partial charge in [0.15, 0.2) is 6.61 Å². The predicted octanol–water partition coefficient (Wildman–Crippen LogP) is 3.71. The zero-order valence-electron chi connectivity index (χ0n) is 15.5. The number of hydrogen-bond acceptors (Lipinski definition) is 5. The molecular weight excluding hydrogens is 348 g/mol. The van der Waals surface area contributed by atoms with Crippen LogP contribution in [0.1, 0.15) is 65.6 Å². The van der Waals surface area contributed by atoms with Crippen molar-refractivity contribution < 1.29 is 14.3 Å². The van der Waals surface area contributed by atoms with Crippen molar-refractivity contribution in [2.24, 2.45) is 5.92 Å². The molecule has 1 fully saturated rings. The zero-order valence-corrected chi connectivity index (χ0v) is 16.4. The molecule has 1 aromatic heterocycles. The van der Waals surface area contributed by atoms with Crippen LogP contribution in [0.5, 0.6) is 0 Å². The van der Waals surface area contributed by atoms with E-state index >= 15 is 0 Å². The molecule has 1 amide bonds. The average molecular weight is 375 g/mol. The number of carbonyl (C=O) groups is 2. The highest BCUT2D eigenvalue weighted by molar-refractivity contribution is 7.14. The van der Waals surface area contributed by atoms with Crippen LogP contribution < -0.4 is 0 Å². The van der Waals surface area contributed by atoms with Crippen molar-refractivity contribution in [2.45, 2.75) is 63.8 Å².